The molecule has 1 amide bonds. The van der Waals surface area contributed by atoms with E-state index < -0.39 is 22.9 Å². The first-order valence-corrected chi connectivity index (χ1v) is 6.57. The molecule has 0 aromatic carbocycles. The Kier molecular flexibility index (Phi) is 2.91. The van der Waals surface area contributed by atoms with Crippen molar-refractivity contribution in [1.29, 1.82) is 0 Å². The Hall–Kier alpha value is -1.83. The Balaban J connectivity index is 1.66. The van der Waals surface area contributed by atoms with Crippen molar-refractivity contribution in [3.8, 4) is 0 Å². The molecule has 1 saturated carbocycles. The number of aromatic nitrogens is 1. The molecule has 0 spiro atoms. The summed E-state index contributed by atoms with van der Waals surface area (Å²) in [5, 5.41) is 5.33. The zero-order valence-electron chi connectivity index (χ0n) is 11.1. The molecule has 0 unspecified atom stereocenters. The highest BCUT2D eigenvalue weighted by molar-refractivity contribution is 5.92. The van der Waals surface area contributed by atoms with Crippen LogP contribution < -0.4 is 16.4 Å². The lowest BCUT2D eigenvalue weighted by molar-refractivity contribution is -0.190. The maximum Gasteiger partial charge on any atom is 0.396 e. The number of rotatable bonds is 3. The Bertz CT molecular complexity index is 574. The van der Waals surface area contributed by atoms with Crippen LogP contribution in [0.3, 0.4) is 0 Å². The van der Waals surface area contributed by atoms with E-state index in [1.165, 1.54) is 18.3 Å². The van der Waals surface area contributed by atoms with Gasteiger partial charge in [0.05, 0.1) is 17.3 Å². The second-order valence-electron chi connectivity index (χ2n) is 5.80. The quantitative estimate of drug-likeness (QED) is 0.776. The molecule has 0 radical (unpaired) electrons. The third-order valence-electron chi connectivity index (χ3n) is 4.57. The lowest BCUT2D eigenvalue weighted by Gasteiger charge is -2.20. The molecule has 2 fully saturated rings. The zero-order valence-corrected chi connectivity index (χ0v) is 11.1. The monoisotopic (exact) mass is 300 g/mol. The van der Waals surface area contributed by atoms with Crippen LogP contribution in [0, 0.1) is 10.8 Å². The number of hydrogen-bond acceptors (Lipinski definition) is 4. The number of nitrogens with zero attached hydrogens (tertiary/aromatic N) is 1. The number of amides is 1. The van der Waals surface area contributed by atoms with Crippen LogP contribution >= 0.6 is 0 Å². The third kappa shape index (κ3) is 2.05. The van der Waals surface area contributed by atoms with Gasteiger partial charge >= 0.3 is 6.18 Å². The molecular formula is C13H15F3N4O. The van der Waals surface area contributed by atoms with Crippen LogP contribution in [0.15, 0.2) is 18.3 Å². The van der Waals surface area contributed by atoms with Gasteiger partial charge in [0.2, 0.25) is 0 Å². The fraction of sp³-hybridized carbons (Fsp3) is 0.538. The van der Waals surface area contributed by atoms with Gasteiger partial charge in [-0.25, -0.2) is 4.98 Å². The van der Waals surface area contributed by atoms with E-state index in [2.05, 4.69) is 15.6 Å². The second-order valence-corrected chi connectivity index (χ2v) is 5.80. The maximum absolute atomic E-state index is 13.1. The summed E-state index contributed by atoms with van der Waals surface area (Å²) in [5.41, 5.74) is 3.41. The molecule has 2 heterocycles. The number of carbonyl (C=O) groups is 1. The van der Waals surface area contributed by atoms with E-state index in [9.17, 15) is 18.0 Å². The van der Waals surface area contributed by atoms with Crippen molar-refractivity contribution in [2.45, 2.75) is 12.6 Å². The average molecular weight is 300 g/mol. The summed E-state index contributed by atoms with van der Waals surface area (Å²) in [7, 11) is 0. The fourth-order valence-electron chi connectivity index (χ4n) is 3.21. The number of carbonyl (C=O) groups excluding carboxylic acids is 1. The normalized spacial score (nSPS) is 30.8. The maximum atomic E-state index is 13.1. The van der Waals surface area contributed by atoms with Gasteiger partial charge in [0.15, 0.2) is 0 Å². The minimum absolute atomic E-state index is 0.00952. The first kappa shape index (κ1) is 14.1. The highest BCUT2D eigenvalue weighted by Gasteiger charge is 2.81. The van der Waals surface area contributed by atoms with Crippen molar-refractivity contribution in [3.05, 3.63) is 24.0 Å². The van der Waals surface area contributed by atoms with Crippen molar-refractivity contribution in [3.63, 3.8) is 0 Å². The van der Waals surface area contributed by atoms with Crippen LogP contribution in [-0.2, 0) is 0 Å². The highest BCUT2D eigenvalue weighted by atomic mass is 19.4. The number of pyridine rings is 1. The summed E-state index contributed by atoms with van der Waals surface area (Å²) in [4.78, 5) is 15.8. The Labute approximate surface area is 119 Å². The summed E-state index contributed by atoms with van der Waals surface area (Å²) < 4.78 is 39.4. The molecule has 1 aliphatic heterocycles. The Morgan fingerprint density at radius 3 is 2.76 bits per heavy atom. The molecule has 21 heavy (non-hydrogen) atoms. The van der Waals surface area contributed by atoms with Gasteiger partial charge in [0.1, 0.15) is 5.69 Å². The molecule has 1 aromatic heterocycles. The molecule has 1 saturated heterocycles. The van der Waals surface area contributed by atoms with Crippen LogP contribution in [0.1, 0.15) is 16.9 Å². The molecule has 4 N–H and O–H groups in total. The SMILES string of the molecule is Nc1ccc(C(=O)NC[C@@]23CNC[C@]2(C(F)(F)F)C3)nc1. The van der Waals surface area contributed by atoms with E-state index in [1.54, 1.807) is 0 Å². The van der Waals surface area contributed by atoms with Gasteiger partial charge in [-0.15, -0.1) is 0 Å². The Morgan fingerprint density at radius 1 is 1.43 bits per heavy atom. The number of nitrogens with two attached hydrogens (primary N) is 1. The molecule has 1 aromatic rings. The Morgan fingerprint density at radius 2 is 2.19 bits per heavy atom. The number of nitrogens with one attached hydrogen (secondary N) is 2. The van der Waals surface area contributed by atoms with Gasteiger partial charge in [-0.05, 0) is 18.6 Å². The largest absolute Gasteiger partial charge is 0.397 e. The predicted molar refractivity (Wildman–Crippen MR) is 69.4 cm³/mol. The average Bonchev–Trinajstić information content (AvgIpc) is 2.94. The molecular weight excluding hydrogens is 285 g/mol. The van der Waals surface area contributed by atoms with Crippen LogP contribution in [0.2, 0.25) is 0 Å². The number of anilines is 1. The van der Waals surface area contributed by atoms with E-state index in [4.69, 9.17) is 5.73 Å². The van der Waals surface area contributed by atoms with Crippen LogP contribution in [0.25, 0.3) is 0 Å². The van der Waals surface area contributed by atoms with Crippen molar-refractivity contribution >= 4 is 11.6 Å². The summed E-state index contributed by atoms with van der Waals surface area (Å²) in [6.45, 7) is 0.179. The molecule has 0 bridgehead atoms. The van der Waals surface area contributed by atoms with E-state index in [0.717, 1.165) is 0 Å². The summed E-state index contributed by atoms with van der Waals surface area (Å²) in [6, 6.07) is 2.97. The lowest BCUT2D eigenvalue weighted by Crippen LogP contribution is -2.37. The van der Waals surface area contributed by atoms with Crippen LogP contribution in [-0.4, -0.2) is 36.7 Å². The van der Waals surface area contributed by atoms with E-state index >= 15 is 0 Å². The molecule has 114 valence electrons. The van der Waals surface area contributed by atoms with Gasteiger partial charge in [-0.3, -0.25) is 4.79 Å². The van der Waals surface area contributed by atoms with Gasteiger partial charge in [-0.2, -0.15) is 13.2 Å². The zero-order chi connectivity index (χ0) is 15.3. The standard InChI is InChI=1S/C13H15F3N4O/c14-13(15,16)12-4-11(12,5-18-7-12)6-20-10(21)9-2-1-8(17)3-19-9/h1-3,18H,4-7,17H2,(H,20,21)/t11-,12-/m1/s1. The topological polar surface area (TPSA) is 80.0 Å². The van der Waals surface area contributed by atoms with Crippen molar-refractivity contribution in [1.82, 2.24) is 15.6 Å². The number of alkyl halides is 3. The summed E-state index contributed by atoms with van der Waals surface area (Å²) in [6.07, 6.45) is -2.85. The van der Waals surface area contributed by atoms with Crippen molar-refractivity contribution < 1.29 is 18.0 Å². The lowest BCUT2D eigenvalue weighted by atomic mass is 9.95. The smallest absolute Gasteiger partial charge is 0.396 e. The van der Waals surface area contributed by atoms with Crippen LogP contribution in [0.5, 0.6) is 0 Å². The van der Waals surface area contributed by atoms with Crippen molar-refractivity contribution in [2.75, 3.05) is 25.4 Å². The molecule has 2 atom stereocenters. The first-order chi connectivity index (χ1) is 9.80. The number of hydrogen-bond donors (Lipinski definition) is 3. The van der Waals surface area contributed by atoms with Gasteiger partial charge in [-0.1, -0.05) is 0 Å². The minimum atomic E-state index is -4.25. The predicted octanol–water partition coefficient (Wildman–Crippen LogP) is 0.936. The van der Waals surface area contributed by atoms with Crippen LogP contribution in [0.4, 0.5) is 18.9 Å². The number of halogens is 3. The molecule has 1 aliphatic carbocycles. The summed E-state index contributed by atoms with van der Waals surface area (Å²) >= 11 is 0. The molecule has 2 aliphatic rings. The minimum Gasteiger partial charge on any atom is -0.397 e. The highest BCUT2D eigenvalue weighted by Crippen LogP contribution is 2.72. The fourth-order valence-corrected chi connectivity index (χ4v) is 3.21. The van der Waals surface area contributed by atoms with E-state index in [0.29, 0.717) is 5.69 Å². The second kappa shape index (κ2) is 4.33. The van der Waals surface area contributed by atoms with Crippen molar-refractivity contribution in [2.24, 2.45) is 10.8 Å². The molecule has 5 nitrogen and oxygen atoms in total. The summed E-state index contributed by atoms with van der Waals surface area (Å²) in [5.74, 6) is -0.487. The van der Waals surface area contributed by atoms with Gasteiger partial charge in [0, 0.05) is 25.0 Å². The molecule has 3 rings (SSSR count). The van der Waals surface area contributed by atoms with E-state index in [-0.39, 0.29) is 31.7 Å². The van der Waals surface area contributed by atoms with Gasteiger partial charge < -0.3 is 16.4 Å². The number of nitrogen functional groups attached to an aromatic ring is 1. The third-order valence-corrected chi connectivity index (χ3v) is 4.57. The number of fused-ring (bicyclic) bond motifs is 1. The number of piperidine rings is 1. The first-order valence-electron chi connectivity index (χ1n) is 6.57. The van der Waals surface area contributed by atoms with Gasteiger partial charge in [0.25, 0.3) is 5.91 Å². The van der Waals surface area contributed by atoms with E-state index in [1.807, 2.05) is 0 Å². The molecule has 8 heteroatoms.